The zero-order valence-corrected chi connectivity index (χ0v) is 17.6. The number of hydrogen-bond acceptors (Lipinski definition) is 3. The summed E-state index contributed by atoms with van der Waals surface area (Å²) in [4.78, 5) is 28.0. The van der Waals surface area contributed by atoms with Gasteiger partial charge in [-0.3, -0.25) is 9.59 Å². The molecular weight excluding hydrogens is 437 g/mol. The second kappa shape index (κ2) is 9.08. The smallest absolute Gasteiger partial charge is 0.325 e. The third kappa shape index (κ3) is 4.96. The number of alkyl halides is 3. The summed E-state index contributed by atoms with van der Waals surface area (Å²) >= 11 is 1.55. The number of halogens is 3. The van der Waals surface area contributed by atoms with Gasteiger partial charge < -0.3 is 10.2 Å². The van der Waals surface area contributed by atoms with Crippen LogP contribution < -0.4 is 10.2 Å². The first kappa shape index (κ1) is 22.0. The normalized spacial score (nSPS) is 16.3. The Kier molecular flexibility index (Phi) is 6.23. The predicted molar refractivity (Wildman–Crippen MR) is 119 cm³/mol. The lowest BCUT2D eigenvalue weighted by atomic mass is 10.1. The quantitative estimate of drug-likeness (QED) is 0.531. The van der Waals surface area contributed by atoms with E-state index in [4.69, 9.17) is 0 Å². The Morgan fingerprint density at radius 1 is 1.00 bits per heavy atom. The Bertz CT molecular complexity index is 1140. The van der Waals surface area contributed by atoms with E-state index in [0.717, 1.165) is 22.6 Å². The van der Waals surface area contributed by atoms with Gasteiger partial charge in [-0.25, -0.2) is 0 Å². The van der Waals surface area contributed by atoms with Gasteiger partial charge in [0, 0.05) is 22.3 Å². The number of para-hydroxylation sites is 1. The number of carbonyl (C=O) groups is 2. The maximum absolute atomic E-state index is 13.1. The molecule has 3 aromatic carbocycles. The number of nitrogens with zero attached hydrogens (tertiary/aromatic N) is 1. The van der Waals surface area contributed by atoms with Gasteiger partial charge in [0.1, 0.15) is 6.54 Å². The molecule has 164 valence electrons. The second-order valence-corrected chi connectivity index (χ2v) is 8.54. The molecule has 8 heteroatoms. The highest BCUT2D eigenvalue weighted by molar-refractivity contribution is 7.99. The van der Waals surface area contributed by atoms with Gasteiger partial charge in [-0.15, -0.1) is 11.8 Å². The van der Waals surface area contributed by atoms with E-state index in [2.05, 4.69) is 5.32 Å². The Hall–Kier alpha value is -3.26. The first-order valence-corrected chi connectivity index (χ1v) is 10.8. The maximum atomic E-state index is 13.1. The number of fused-ring (bicyclic) bond motifs is 1. The Labute approximate surface area is 187 Å². The van der Waals surface area contributed by atoms with Crippen molar-refractivity contribution in [1.82, 2.24) is 0 Å². The van der Waals surface area contributed by atoms with E-state index in [1.807, 2.05) is 42.5 Å². The molecule has 0 radical (unpaired) electrons. The van der Waals surface area contributed by atoms with Crippen molar-refractivity contribution in [2.24, 2.45) is 0 Å². The molecular formula is C24H19F3N2O2S. The van der Waals surface area contributed by atoms with Crippen LogP contribution in [0.3, 0.4) is 0 Å². The first-order valence-electron chi connectivity index (χ1n) is 9.89. The SMILES string of the molecule is O=C(CN1C(=O)CC(c2ccccc2)Sc2ccccc21)Nc1cccc(C(F)(F)F)c1. The lowest BCUT2D eigenvalue weighted by molar-refractivity contribution is -0.137. The third-order valence-electron chi connectivity index (χ3n) is 5.03. The molecule has 1 N–H and O–H groups in total. The van der Waals surface area contributed by atoms with Gasteiger partial charge in [0.15, 0.2) is 0 Å². The van der Waals surface area contributed by atoms with Crippen molar-refractivity contribution in [2.45, 2.75) is 22.7 Å². The number of nitrogens with one attached hydrogen (secondary N) is 1. The van der Waals surface area contributed by atoms with Crippen LogP contribution in [-0.2, 0) is 15.8 Å². The number of anilines is 2. The van der Waals surface area contributed by atoms with Crippen LogP contribution in [0.15, 0.2) is 83.8 Å². The van der Waals surface area contributed by atoms with Crippen molar-refractivity contribution in [1.29, 1.82) is 0 Å². The zero-order valence-electron chi connectivity index (χ0n) is 16.8. The Morgan fingerprint density at radius 3 is 2.47 bits per heavy atom. The van der Waals surface area contributed by atoms with Gasteiger partial charge >= 0.3 is 6.18 Å². The number of benzene rings is 3. The molecule has 1 atom stereocenters. The molecule has 0 saturated carbocycles. The van der Waals surface area contributed by atoms with Gasteiger partial charge in [0.25, 0.3) is 0 Å². The summed E-state index contributed by atoms with van der Waals surface area (Å²) in [7, 11) is 0. The molecule has 4 rings (SSSR count). The van der Waals surface area contributed by atoms with Gasteiger partial charge in [-0.2, -0.15) is 13.2 Å². The Morgan fingerprint density at radius 2 is 1.72 bits per heavy atom. The molecule has 2 amide bonds. The second-order valence-electron chi connectivity index (χ2n) is 7.30. The molecule has 1 unspecified atom stereocenters. The van der Waals surface area contributed by atoms with Crippen LogP contribution in [0.5, 0.6) is 0 Å². The first-order chi connectivity index (χ1) is 15.3. The molecule has 4 nitrogen and oxygen atoms in total. The van der Waals surface area contributed by atoms with Crippen LogP contribution in [-0.4, -0.2) is 18.4 Å². The molecule has 0 aromatic heterocycles. The minimum absolute atomic E-state index is 0.0249. The van der Waals surface area contributed by atoms with E-state index in [1.54, 1.807) is 23.9 Å². The summed E-state index contributed by atoms with van der Waals surface area (Å²) in [5.41, 5.74) is 0.793. The topological polar surface area (TPSA) is 49.4 Å². The van der Waals surface area contributed by atoms with Crippen molar-refractivity contribution >= 4 is 35.0 Å². The molecule has 1 aliphatic heterocycles. The van der Waals surface area contributed by atoms with Crippen molar-refractivity contribution in [3.8, 4) is 0 Å². The van der Waals surface area contributed by atoms with Gasteiger partial charge in [-0.05, 0) is 35.9 Å². The molecule has 0 aliphatic carbocycles. The van der Waals surface area contributed by atoms with Gasteiger partial charge in [0.2, 0.25) is 11.8 Å². The summed E-state index contributed by atoms with van der Waals surface area (Å²) in [6.07, 6.45) is -4.32. The summed E-state index contributed by atoms with van der Waals surface area (Å²) in [6, 6.07) is 21.4. The highest BCUT2D eigenvalue weighted by Crippen LogP contribution is 2.45. The average molecular weight is 456 g/mol. The van der Waals surface area contributed by atoms with Gasteiger partial charge in [0.05, 0.1) is 11.3 Å². The van der Waals surface area contributed by atoms with Crippen molar-refractivity contribution in [2.75, 3.05) is 16.8 Å². The van der Waals surface area contributed by atoms with Crippen LogP contribution in [0.25, 0.3) is 0 Å². The molecule has 0 saturated heterocycles. The zero-order chi connectivity index (χ0) is 22.7. The summed E-state index contributed by atoms with van der Waals surface area (Å²) in [6.45, 7) is -0.297. The average Bonchev–Trinajstić information content (AvgIpc) is 2.91. The highest BCUT2D eigenvalue weighted by Gasteiger charge is 2.32. The Balaban J connectivity index is 1.56. The molecule has 3 aromatic rings. The largest absolute Gasteiger partial charge is 0.416 e. The fourth-order valence-electron chi connectivity index (χ4n) is 3.52. The lowest BCUT2D eigenvalue weighted by Crippen LogP contribution is -2.38. The van der Waals surface area contributed by atoms with Crippen molar-refractivity contribution < 1.29 is 22.8 Å². The van der Waals surface area contributed by atoms with Crippen molar-refractivity contribution in [3.63, 3.8) is 0 Å². The van der Waals surface area contributed by atoms with Crippen molar-refractivity contribution in [3.05, 3.63) is 90.0 Å². The fraction of sp³-hybridized carbons (Fsp3) is 0.167. The van der Waals surface area contributed by atoms with E-state index < -0.39 is 17.6 Å². The monoisotopic (exact) mass is 456 g/mol. The summed E-state index contributed by atoms with van der Waals surface area (Å²) in [5.74, 6) is -0.800. The van der Waals surface area contributed by atoms with E-state index in [-0.39, 0.29) is 29.8 Å². The molecule has 1 heterocycles. The molecule has 1 aliphatic rings. The van der Waals surface area contributed by atoms with Crippen LogP contribution in [0.4, 0.5) is 24.5 Å². The maximum Gasteiger partial charge on any atom is 0.416 e. The number of thioether (sulfide) groups is 1. The number of rotatable bonds is 4. The van der Waals surface area contributed by atoms with Crippen LogP contribution in [0, 0.1) is 0 Å². The summed E-state index contributed by atoms with van der Waals surface area (Å²) < 4.78 is 38.8. The molecule has 0 bridgehead atoms. The number of carbonyl (C=O) groups excluding carboxylic acids is 2. The standard InChI is InChI=1S/C24H19F3N2O2S/c25-24(26,27)17-9-6-10-18(13-17)28-22(30)15-29-19-11-4-5-12-20(19)32-21(14-23(29)31)16-7-2-1-3-8-16/h1-13,21H,14-15H2,(H,28,30). The minimum atomic E-state index is -4.51. The van der Waals surface area contributed by atoms with Crippen LogP contribution in [0.1, 0.15) is 22.8 Å². The molecule has 0 spiro atoms. The van der Waals surface area contributed by atoms with E-state index in [9.17, 15) is 22.8 Å². The molecule has 0 fully saturated rings. The van der Waals surface area contributed by atoms with E-state index >= 15 is 0 Å². The minimum Gasteiger partial charge on any atom is -0.325 e. The summed E-state index contributed by atoms with van der Waals surface area (Å²) in [5, 5.41) is 2.37. The van der Waals surface area contributed by atoms with Crippen LogP contribution >= 0.6 is 11.8 Å². The van der Waals surface area contributed by atoms with Gasteiger partial charge in [-0.1, -0.05) is 48.5 Å². The van der Waals surface area contributed by atoms with Crippen LogP contribution in [0.2, 0.25) is 0 Å². The number of hydrogen-bond donors (Lipinski definition) is 1. The predicted octanol–water partition coefficient (Wildman–Crippen LogP) is 5.91. The lowest BCUT2D eigenvalue weighted by Gasteiger charge is -2.22. The molecule has 32 heavy (non-hydrogen) atoms. The van der Waals surface area contributed by atoms with E-state index in [1.165, 1.54) is 17.0 Å². The highest BCUT2D eigenvalue weighted by atomic mass is 32.2. The van der Waals surface area contributed by atoms with E-state index in [0.29, 0.717) is 5.69 Å². The fourth-order valence-corrected chi connectivity index (χ4v) is 4.80. The number of amides is 2. The third-order valence-corrected chi connectivity index (χ3v) is 6.36.